The lowest BCUT2D eigenvalue weighted by Crippen LogP contribution is -2.11. The third-order valence-corrected chi connectivity index (χ3v) is 2.91. The van der Waals surface area contributed by atoms with Crippen molar-refractivity contribution in [2.75, 3.05) is 0 Å². The molecule has 0 aliphatic carbocycles. The number of imidazole rings is 1. The second-order valence-electron chi connectivity index (χ2n) is 4.91. The van der Waals surface area contributed by atoms with Crippen molar-refractivity contribution < 1.29 is 9.53 Å². The molecule has 0 radical (unpaired) electrons. The molecule has 6 nitrogen and oxygen atoms in total. The number of carbonyl (C=O) groups excluding carboxylic acids is 1. The van der Waals surface area contributed by atoms with E-state index >= 15 is 0 Å². The number of nitrogens with zero attached hydrogens (tertiary/aromatic N) is 4. The molecule has 1 heterocycles. The molecule has 110 valence electrons. The SMILES string of the molecule is CC(C)Oc1ccc(C(=O)Cn2cnc(C#N)c2C#N)cc1. The molecule has 0 saturated heterocycles. The molecule has 2 rings (SSSR count). The number of rotatable bonds is 5. The molecule has 0 amide bonds. The minimum absolute atomic E-state index is 0.0241. The van der Waals surface area contributed by atoms with Gasteiger partial charge in [-0.25, -0.2) is 4.98 Å². The number of ketones is 1. The van der Waals surface area contributed by atoms with E-state index in [1.807, 2.05) is 26.0 Å². The van der Waals surface area contributed by atoms with Crippen molar-refractivity contribution in [2.45, 2.75) is 26.5 Å². The molecule has 6 heteroatoms. The number of benzene rings is 1. The largest absolute Gasteiger partial charge is 0.491 e. The van der Waals surface area contributed by atoms with E-state index in [2.05, 4.69) is 4.98 Å². The lowest BCUT2D eigenvalue weighted by atomic mass is 10.1. The highest BCUT2D eigenvalue weighted by Crippen LogP contribution is 2.15. The molecule has 0 unspecified atom stereocenters. The van der Waals surface area contributed by atoms with Crippen LogP contribution in [0.5, 0.6) is 5.75 Å². The quantitative estimate of drug-likeness (QED) is 0.789. The van der Waals surface area contributed by atoms with Crippen LogP contribution in [0.2, 0.25) is 0 Å². The number of carbonyl (C=O) groups is 1. The van der Waals surface area contributed by atoms with Gasteiger partial charge in [0.25, 0.3) is 0 Å². The molecule has 0 saturated carbocycles. The van der Waals surface area contributed by atoms with Gasteiger partial charge in [-0.15, -0.1) is 0 Å². The van der Waals surface area contributed by atoms with E-state index in [0.29, 0.717) is 11.3 Å². The third kappa shape index (κ3) is 3.31. The van der Waals surface area contributed by atoms with E-state index in [4.69, 9.17) is 15.3 Å². The van der Waals surface area contributed by atoms with E-state index < -0.39 is 0 Å². The van der Waals surface area contributed by atoms with Crippen LogP contribution in [0.4, 0.5) is 0 Å². The van der Waals surface area contributed by atoms with Crippen LogP contribution >= 0.6 is 0 Å². The molecule has 0 N–H and O–H groups in total. The van der Waals surface area contributed by atoms with E-state index in [1.165, 1.54) is 10.9 Å². The molecule has 0 aliphatic heterocycles. The summed E-state index contributed by atoms with van der Waals surface area (Å²) in [5.74, 6) is 0.521. The van der Waals surface area contributed by atoms with Crippen molar-refractivity contribution in [3.05, 3.63) is 47.5 Å². The molecule has 0 bridgehead atoms. The molecule has 0 atom stereocenters. The van der Waals surface area contributed by atoms with E-state index in [9.17, 15) is 4.79 Å². The first kappa shape index (κ1) is 15.3. The second-order valence-corrected chi connectivity index (χ2v) is 4.91. The van der Waals surface area contributed by atoms with Crippen LogP contribution in [0.25, 0.3) is 0 Å². The zero-order valence-electron chi connectivity index (χ0n) is 12.3. The number of hydrogen-bond donors (Lipinski definition) is 0. The van der Waals surface area contributed by atoms with Crippen LogP contribution in [-0.4, -0.2) is 21.4 Å². The Balaban J connectivity index is 2.15. The Hall–Kier alpha value is -3.12. The number of ether oxygens (including phenoxy) is 1. The average molecular weight is 294 g/mol. The maximum absolute atomic E-state index is 12.2. The van der Waals surface area contributed by atoms with Gasteiger partial charge >= 0.3 is 0 Å². The highest BCUT2D eigenvalue weighted by Gasteiger charge is 2.14. The molecule has 1 aromatic carbocycles. The van der Waals surface area contributed by atoms with Crippen LogP contribution in [0.3, 0.4) is 0 Å². The second kappa shape index (κ2) is 6.55. The molecule has 0 fully saturated rings. The van der Waals surface area contributed by atoms with Gasteiger partial charge in [-0.3, -0.25) is 4.79 Å². The topological polar surface area (TPSA) is 91.7 Å². The highest BCUT2D eigenvalue weighted by molar-refractivity contribution is 5.96. The summed E-state index contributed by atoms with van der Waals surface area (Å²) < 4.78 is 6.89. The average Bonchev–Trinajstić information content (AvgIpc) is 2.89. The van der Waals surface area contributed by atoms with Crippen molar-refractivity contribution in [1.29, 1.82) is 10.5 Å². The van der Waals surface area contributed by atoms with Gasteiger partial charge in [0.05, 0.1) is 19.0 Å². The lowest BCUT2D eigenvalue weighted by molar-refractivity contribution is 0.0971. The standard InChI is InChI=1S/C16H14N4O2/c1-11(2)22-13-5-3-12(4-6-13)16(21)9-20-10-19-14(7-17)15(20)8-18/h3-6,10-11H,9H2,1-2H3. The molecular weight excluding hydrogens is 280 g/mol. The van der Waals surface area contributed by atoms with Crippen LogP contribution in [-0.2, 0) is 6.54 Å². The molecule has 1 aromatic heterocycles. The first-order valence-corrected chi connectivity index (χ1v) is 6.70. The van der Waals surface area contributed by atoms with Gasteiger partial charge in [0.2, 0.25) is 0 Å². The van der Waals surface area contributed by atoms with Gasteiger partial charge in [-0.2, -0.15) is 10.5 Å². The summed E-state index contributed by atoms with van der Waals surface area (Å²) in [6.45, 7) is 3.81. The van der Waals surface area contributed by atoms with Crippen molar-refractivity contribution in [2.24, 2.45) is 0 Å². The van der Waals surface area contributed by atoms with Crippen LogP contribution < -0.4 is 4.74 Å². The lowest BCUT2D eigenvalue weighted by Gasteiger charge is -2.10. The Bertz CT molecular complexity index is 761. The van der Waals surface area contributed by atoms with Gasteiger partial charge in [0.1, 0.15) is 17.9 Å². The summed E-state index contributed by atoms with van der Waals surface area (Å²) in [4.78, 5) is 16.0. The summed E-state index contributed by atoms with van der Waals surface area (Å²) >= 11 is 0. The Morgan fingerprint density at radius 1 is 1.27 bits per heavy atom. The summed E-state index contributed by atoms with van der Waals surface area (Å²) in [5.41, 5.74) is 0.624. The third-order valence-electron chi connectivity index (χ3n) is 2.91. The van der Waals surface area contributed by atoms with E-state index in [-0.39, 0.29) is 29.8 Å². The van der Waals surface area contributed by atoms with Gasteiger partial charge < -0.3 is 9.30 Å². The minimum atomic E-state index is -0.172. The van der Waals surface area contributed by atoms with Crippen molar-refractivity contribution >= 4 is 5.78 Å². The van der Waals surface area contributed by atoms with Gasteiger partial charge in [0, 0.05) is 5.56 Å². The molecular formula is C16H14N4O2. The smallest absolute Gasteiger partial charge is 0.182 e. The van der Waals surface area contributed by atoms with E-state index in [1.54, 1.807) is 24.3 Å². The Kier molecular flexibility index (Phi) is 4.55. The van der Waals surface area contributed by atoms with Crippen molar-refractivity contribution in [3.63, 3.8) is 0 Å². The molecule has 22 heavy (non-hydrogen) atoms. The summed E-state index contributed by atoms with van der Waals surface area (Å²) in [7, 11) is 0. The minimum Gasteiger partial charge on any atom is -0.491 e. The number of nitriles is 2. The fraction of sp³-hybridized carbons (Fsp3) is 0.250. The van der Waals surface area contributed by atoms with Crippen LogP contribution in [0.1, 0.15) is 35.6 Å². The van der Waals surface area contributed by atoms with Gasteiger partial charge in [0.15, 0.2) is 17.2 Å². The maximum atomic E-state index is 12.2. The van der Waals surface area contributed by atoms with Crippen LogP contribution in [0.15, 0.2) is 30.6 Å². The highest BCUT2D eigenvalue weighted by atomic mass is 16.5. The first-order valence-electron chi connectivity index (χ1n) is 6.70. The summed E-state index contributed by atoms with van der Waals surface area (Å²) in [6.07, 6.45) is 1.39. The fourth-order valence-electron chi connectivity index (χ4n) is 1.94. The number of Topliss-reactive ketones (excluding diaryl/α,β-unsaturated/α-hetero) is 1. The Labute approximate surface area is 128 Å². The van der Waals surface area contributed by atoms with Gasteiger partial charge in [-0.05, 0) is 38.1 Å². The zero-order chi connectivity index (χ0) is 16.1. The number of aromatic nitrogens is 2. The fourth-order valence-corrected chi connectivity index (χ4v) is 1.94. The summed E-state index contributed by atoms with van der Waals surface area (Å²) in [6, 6.07) is 10.5. The Morgan fingerprint density at radius 2 is 1.95 bits per heavy atom. The number of hydrogen-bond acceptors (Lipinski definition) is 5. The van der Waals surface area contributed by atoms with Crippen molar-refractivity contribution in [1.82, 2.24) is 9.55 Å². The predicted octanol–water partition coefficient (Wildman–Crippen LogP) is 2.30. The Morgan fingerprint density at radius 3 is 2.50 bits per heavy atom. The first-order chi connectivity index (χ1) is 10.5. The maximum Gasteiger partial charge on any atom is 0.182 e. The zero-order valence-corrected chi connectivity index (χ0v) is 12.3. The monoisotopic (exact) mass is 294 g/mol. The predicted molar refractivity (Wildman–Crippen MR) is 78.2 cm³/mol. The van der Waals surface area contributed by atoms with Crippen molar-refractivity contribution in [3.8, 4) is 17.9 Å². The molecule has 2 aromatic rings. The van der Waals surface area contributed by atoms with Gasteiger partial charge in [-0.1, -0.05) is 0 Å². The van der Waals surface area contributed by atoms with Crippen LogP contribution in [0, 0.1) is 22.7 Å². The normalized spacial score (nSPS) is 10.0. The molecule has 0 spiro atoms. The summed E-state index contributed by atoms with van der Waals surface area (Å²) in [5, 5.41) is 17.9. The van der Waals surface area contributed by atoms with E-state index in [0.717, 1.165) is 0 Å². The molecule has 0 aliphatic rings.